The smallest absolute Gasteiger partial charge is 0.346 e. The molecule has 2 rings (SSSR count). The van der Waals surface area contributed by atoms with Gasteiger partial charge >= 0.3 is 5.97 Å². The third-order valence-electron chi connectivity index (χ3n) is 2.09. The summed E-state index contributed by atoms with van der Waals surface area (Å²) in [5, 5.41) is 10.8. The number of alkyl halides is 1. The number of carbonyl (C=O) groups excluding carboxylic acids is 1. The highest BCUT2D eigenvalue weighted by atomic mass is 35.5. The number of benzene rings is 1. The predicted octanol–water partition coefficient (Wildman–Crippen LogP) is 1.68. The number of hydrogen-bond acceptors (Lipinski definition) is 6. The minimum Gasteiger partial charge on any atom is -0.454 e. The third kappa shape index (κ3) is 2.09. The summed E-state index contributed by atoms with van der Waals surface area (Å²) in [6.07, 6.45) is 0. The fraction of sp³-hybridized carbons (Fsp3) is 0.222. The molecule has 1 aromatic carbocycles. The van der Waals surface area contributed by atoms with Gasteiger partial charge in [0, 0.05) is 6.07 Å². The van der Waals surface area contributed by atoms with Crippen LogP contribution in [0.4, 0.5) is 5.69 Å². The van der Waals surface area contributed by atoms with Gasteiger partial charge in [-0.25, -0.2) is 4.79 Å². The number of esters is 1. The van der Waals surface area contributed by atoms with E-state index < -0.39 is 16.6 Å². The third-order valence-corrected chi connectivity index (χ3v) is 2.20. The zero-order valence-electron chi connectivity index (χ0n) is 8.34. The zero-order valence-corrected chi connectivity index (χ0v) is 9.10. The Morgan fingerprint density at radius 1 is 1.47 bits per heavy atom. The van der Waals surface area contributed by atoms with Crippen LogP contribution in [0.1, 0.15) is 10.4 Å². The maximum atomic E-state index is 11.5. The van der Waals surface area contributed by atoms with Crippen molar-refractivity contribution in [2.45, 2.75) is 0 Å². The summed E-state index contributed by atoms with van der Waals surface area (Å²) >= 11 is 5.23. The van der Waals surface area contributed by atoms with Gasteiger partial charge in [-0.05, 0) is 0 Å². The highest BCUT2D eigenvalue weighted by molar-refractivity contribution is 6.17. The maximum Gasteiger partial charge on any atom is 0.346 e. The van der Waals surface area contributed by atoms with Crippen LogP contribution in [0.25, 0.3) is 0 Å². The second-order valence-corrected chi connectivity index (χ2v) is 3.24. The van der Waals surface area contributed by atoms with Crippen LogP contribution in [0.3, 0.4) is 0 Å². The number of hydrogen-bond donors (Lipinski definition) is 0. The molecule has 0 aliphatic carbocycles. The Bertz CT molecular complexity index is 489. The molecule has 0 fully saturated rings. The maximum absolute atomic E-state index is 11.5. The minimum atomic E-state index is -0.884. The van der Waals surface area contributed by atoms with E-state index in [-0.39, 0.29) is 29.9 Å². The molecule has 0 saturated carbocycles. The molecule has 0 bridgehead atoms. The fourth-order valence-electron chi connectivity index (χ4n) is 1.37. The number of nitro groups is 1. The lowest BCUT2D eigenvalue weighted by Gasteiger charge is -2.03. The van der Waals surface area contributed by atoms with Gasteiger partial charge in [-0.1, -0.05) is 11.6 Å². The van der Waals surface area contributed by atoms with Crippen LogP contribution in [0.15, 0.2) is 12.1 Å². The molecule has 17 heavy (non-hydrogen) atoms. The summed E-state index contributed by atoms with van der Waals surface area (Å²) in [5.74, 6) is -0.402. The first-order valence-electron chi connectivity index (χ1n) is 4.44. The van der Waals surface area contributed by atoms with E-state index in [4.69, 9.17) is 21.1 Å². The van der Waals surface area contributed by atoms with Crippen LogP contribution < -0.4 is 9.47 Å². The molecule has 0 unspecified atom stereocenters. The van der Waals surface area contributed by atoms with Crippen molar-refractivity contribution in [1.82, 2.24) is 0 Å². The molecular formula is C9H6ClNO6. The predicted molar refractivity (Wildman–Crippen MR) is 55.4 cm³/mol. The number of carbonyl (C=O) groups is 1. The Kier molecular flexibility index (Phi) is 3.01. The number of halogens is 1. The first-order valence-corrected chi connectivity index (χ1v) is 4.98. The number of nitro benzene ring substituents is 1. The van der Waals surface area contributed by atoms with Crippen molar-refractivity contribution in [3.8, 4) is 11.5 Å². The molecule has 0 saturated heterocycles. The van der Waals surface area contributed by atoms with E-state index in [1.165, 1.54) is 6.07 Å². The number of nitrogens with zero attached hydrogens (tertiary/aromatic N) is 1. The summed E-state index contributed by atoms with van der Waals surface area (Å²) in [6, 6.07) is 1.94. The average Bonchev–Trinajstić information content (AvgIpc) is 2.74. The standard InChI is InChI=1S/C9H6ClNO6/c10-3-15-9(12)5-1-7-8(17-4-16-7)2-6(5)11(13)14/h1-2H,3-4H2. The Morgan fingerprint density at radius 2 is 2.12 bits per heavy atom. The molecule has 90 valence electrons. The van der Waals surface area contributed by atoms with E-state index in [0.29, 0.717) is 0 Å². The molecular weight excluding hydrogens is 254 g/mol. The van der Waals surface area contributed by atoms with Crippen LogP contribution in [0.5, 0.6) is 11.5 Å². The van der Waals surface area contributed by atoms with Crippen molar-refractivity contribution in [1.29, 1.82) is 0 Å². The van der Waals surface area contributed by atoms with Gasteiger partial charge in [0.25, 0.3) is 5.69 Å². The van der Waals surface area contributed by atoms with Crippen molar-refractivity contribution in [2.24, 2.45) is 0 Å². The average molecular weight is 260 g/mol. The minimum absolute atomic E-state index is 0.0412. The van der Waals surface area contributed by atoms with Crippen molar-refractivity contribution < 1.29 is 23.9 Å². The van der Waals surface area contributed by atoms with Crippen LogP contribution in [0.2, 0.25) is 0 Å². The Morgan fingerprint density at radius 3 is 2.71 bits per heavy atom. The molecule has 1 aromatic rings. The Balaban J connectivity index is 2.48. The lowest BCUT2D eigenvalue weighted by atomic mass is 10.1. The van der Waals surface area contributed by atoms with E-state index in [1.54, 1.807) is 0 Å². The van der Waals surface area contributed by atoms with E-state index in [9.17, 15) is 14.9 Å². The Hall–Kier alpha value is -2.02. The first kappa shape index (κ1) is 11.5. The summed E-state index contributed by atoms with van der Waals surface area (Å²) in [5.41, 5.74) is -0.635. The molecule has 7 nitrogen and oxygen atoms in total. The largest absolute Gasteiger partial charge is 0.454 e. The van der Waals surface area contributed by atoms with Crippen LogP contribution in [-0.2, 0) is 4.74 Å². The van der Waals surface area contributed by atoms with E-state index in [1.807, 2.05) is 0 Å². The highest BCUT2D eigenvalue weighted by Gasteiger charge is 2.27. The molecule has 0 amide bonds. The van der Waals surface area contributed by atoms with Gasteiger partial charge in [0.2, 0.25) is 6.79 Å². The molecule has 1 heterocycles. The van der Waals surface area contributed by atoms with Crippen LogP contribution >= 0.6 is 11.6 Å². The van der Waals surface area contributed by atoms with E-state index >= 15 is 0 Å². The van der Waals surface area contributed by atoms with E-state index in [0.717, 1.165) is 6.07 Å². The number of fused-ring (bicyclic) bond motifs is 1. The Labute approximate surface area is 100.0 Å². The summed E-state index contributed by atoms with van der Waals surface area (Å²) in [7, 11) is 0. The van der Waals surface area contributed by atoms with Crippen molar-refractivity contribution in [2.75, 3.05) is 12.9 Å². The summed E-state index contributed by atoms with van der Waals surface area (Å²) in [4.78, 5) is 21.6. The molecule has 0 aromatic heterocycles. The molecule has 8 heteroatoms. The van der Waals surface area contributed by atoms with Crippen LogP contribution in [0, 0.1) is 10.1 Å². The second-order valence-electron chi connectivity index (χ2n) is 3.02. The SMILES string of the molecule is O=C(OCCl)c1cc2c(cc1[N+](=O)[O-])OCO2. The molecule has 0 atom stereocenters. The van der Waals surface area contributed by atoms with Gasteiger partial charge in [0.1, 0.15) is 5.56 Å². The van der Waals surface area contributed by atoms with Gasteiger partial charge < -0.3 is 14.2 Å². The van der Waals surface area contributed by atoms with Crippen molar-refractivity contribution in [3.63, 3.8) is 0 Å². The number of ether oxygens (including phenoxy) is 3. The lowest BCUT2D eigenvalue weighted by molar-refractivity contribution is -0.385. The monoisotopic (exact) mass is 259 g/mol. The summed E-state index contributed by atoms with van der Waals surface area (Å²) in [6.45, 7) is -0.0412. The van der Waals surface area contributed by atoms with Crippen molar-refractivity contribution >= 4 is 23.3 Å². The second kappa shape index (κ2) is 4.46. The zero-order chi connectivity index (χ0) is 12.4. The van der Waals surface area contributed by atoms with Crippen molar-refractivity contribution in [3.05, 3.63) is 27.8 Å². The van der Waals surface area contributed by atoms with Gasteiger partial charge in [0.05, 0.1) is 11.0 Å². The fourth-order valence-corrected chi connectivity index (χ4v) is 1.47. The van der Waals surface area contributed by atoms with Gasteiger partial charge in [-0.15, -0.1) is 0 Å². The first-order chi connectivity index (χ1) is 8.13. The molecule has 1 aliphatic rings. The lowest BCUT2D eigenvalue weighted by Crippen LogP contribution is -2.07. The number of rotatable bonds is 3. The molecule has 0 N–H and O–H groups in total. The van der Waals surface area contributed by atoms with Gasteiger partial charge in [0.15, 0.2) is 17.6 Å². The molecule has 0 radical (unpaired) electrons. The normalized spacial score (nSPS) is 12.3. The highest BCUT2D eigenvalue weighted by Crippen LogP contribution is 2.38. The van der Waals surface area contributed by atoms with E-state index in [2.05, 4.69) is 4.74 Å². The van der Waals surface area contributed by atoms with Gasteiger partial charge in [-0.2, -0.15) is 0 Å². The summed E-state index contributed by atoms with van der Waals surface area (Å²) < 4.78 is 14.5. The topological polar surface area (TPSA) is 87.9 Å². The van der Waals surface area contributed by atoms with Crippen LogP contribution in [-0.4, -0.2) is 23.8 Å². The molecule has 0 spiro atoms. The molecule has 1 aliphatic heterocycles. The van der Waals surface area contributed by atoms with Gasteiger partial charge in [-0.3, -0.25) is 10.1 Å². The quantitative estimate of drug-likeness (QED) is 0.355.